The molecule has 0 bridgehead atoms. The number of benzene rings is 1. The van der Waals surface area contributed by atoms with E-state index in [1.54, 1.807) is 0 Å². The van der Waals surface area contributed by atoms with Crippen molar-refractivity contribution >= 4 is 0 Å². The highest BCUT2D eigenvalue weighted by Gasteiger charge is 2.35. The van der Waals surface area contributed by atoms with E-state index in [-0.39, 0.29) is 5.54 Å². The Morgan fingerprint density at radius 1 is 1.40 bits per heavy atom. The van der Waals surface area contributed by atoms with Crippen LogP contribution in [0.2, 0.25) is 0 Å². The van der Waals surface area contributed by atoms with Crippen LogP contribution in [0.3, 0.4) is 0 Å². The summed E-state index contributed by atoms with van der Waals surface area (Å²) in [5.74, 6) is 0.680. The summed E-state index contributed by atoms with van der Waals surface area (Å²) < 4.78 is 0. The summed E-state index contributed by atoms with van der Waals surface area (Å²) in [6.07, 6.45) is 2.39. The Bertz CT molecular complexity index is 345. The van der Waals surface area contributed by atoms with Gasteiger partial charge in [0.15, 0.2) is 0 Å². The Morgan fingerprint density at radius 3 is 2.87 bits per heavy atom. The molecule has 0 aromatic heterocycles. The van der Waals surface area contributed by atoms with Gasteiger partial charge in [-0.05, 0) is 30.4 Å². The largest absolute Gasteiger partial charge is 0.307 e. The lowest BCUT2D eigenvalue weighted by Crippen LogP contribution is -2.49. The molecule has 0 radical (unpaired) electrons. The molecule has 1 N–H and O–H groups in total. The van der Waals surface area contributed by atoms with Gasteiger partial charge in [-0.3, -0.25) is 0 Å². The first-order chi connectivity index (χ1) is 7.18. The van der Waals surface area contributed by atoms with Crippen LogP contribution in [0, 0.1) is 5.92 Å². The highest BCUT2D eigenvalue weighted by atomic mass is 15.0. The van der Waals surface area contributed by atoms with Gasteiger partial charge in [0.25, 0.3) is 0 Å². The van der Waals surface area contributed by atoms with Gasteiger partial charge in [-0.15, -0.1) is 0 Å². The van der Waals surface area contributed by atoms with Crippen LogP contribution in [0.15, 0.2) is 24.3 Å². The van der Waals surface area contributed by atoms with Gasteiger partial charge < -0.3 is 5.32 Å². The molecule has 2 rings (SSSR count). The molecular formula is C14H21N. The number of rotatable bonds is 2. The molecule has 0 saturated heterocycles. The van der Waals surface area contributed by atoms with E-state index in [9.17, 15) is 0 Å². The van der Waals surface area contributed by atoms with Gasteiger partial charge >= 0.3 is 0 Å². The SMILES string of the molecule is CCC(C)C1(C)NCCc2ccccc21. The molecule has 82 valence electrons. The summed E-state index contributed by atoms with van der Waals surface area (Å²) in [7, 11) is 0. The topological polar surface area (TPSA) is 12.0 Å². The maximum absolute atomic E-state index is 3.70. The van der Waals surface area contributed by atoms with E-state index in [0.29, 0.717) is 5.92 Å². The molecule has 0 amide bonds. The van der Waals surface area contributed by atoms with Crippen LogP contribution in [0.25, 0.3) is 0 Å². The van der Waals surface area contributed by atoms with Crippen molar-refractivity contribution in [2.45, 2.75) is 39.2 Å². The average molecular weight is 203 g/mol. The molecule has 1 heteroatoms. The second-order valence-electron chi connectivity index (χ2n) is 4.85. The summed E-state index contributed by atoms with van der Waals surface area (Å²) in [6.45, 7) is 8.07. The molecular weight excluding hydrogens is 182 g/mol. The third-order valence-electron chi connectivity index (χ3n) is 4.06. The van der Waals surface area contributed by atoms with Crippen LogP contribution < -0.4 is 5.32 Å². The normalized spacial score (nSPS) is 27.1. The molecule has 1 nitrogen and oxygen atoms in total. The first kappa shape index (κ1) is 10.7. The van der Waals surface area contributed by atoms with Gasteiger partial charge in [-0.25, -0.2) is 0 Å². The predicted molar refractivity (Wildman–Crippen MR) is 65.0 cm³/mol. The summed E-state index contributed by atoms with van der Waals surface area (Å²) in [5, 5.41) is 3.70. The van der Waals surface area contributed by atoms with E-state index in [0.717, 1.165) is 6.54 Å². The van der Waals surface area contributed by atoms with Gasteiger partial charge in [0.05, 0.1) is 0 Å². The zero-order valence-corrected chi connectivity index (χ0v) is 10.0. The monoisotopic (exact) mass is 203 g/mol. The van der Waals surface area contributed by atoms with Gasteiger partial charge in [0, 0.05) is 12.1 Å². The summed E-state index contributed by atoms with van der Waals surface area (Å²) in [5.41, 5.74) is 3.20. The zero-order chi connectivity index (χ0) is 10.9. The maximum atomic E-state index is 3.70. The fourth-order valence-electron chi connectivity index (χ4n) is 2.64. The van der Waals surface area contributed by atoms with Crippen molar-refractivity contribution in [1.29, 1.82) is 0 Å². The summed E-state index contributed by atoms with van der Waals surface area (Å²) in [4.78, 5) is 0. The Kier molecular flexibility index (Phi) is 2.83. The van der Waals surface area contributed by atoms with E-state index in [2.05, 4.69) is 50.4 Å². The van der Waals surface area contributed by atoms with Crippen molar-refractivity contribution < 1.29 is 0 Å². The molecule has 2 unspecified atom stereocenters. The molecule has 1 aliphatic heterocycles. The fourth-order valence-corrected chi connectivity index (χ4v) is 2.64. The second kappa shape index (κ2) is 3.97. The van der Waals surface area contributed by atoms with E-state index >= 15 is 0 Å². The summed E-state index contributed by atoms with van der Waals surface area (Å²) >= 11 is 0. The van der Waals surface area contributed by atoms with Crippen molar-refractivity contribution in [3.8, 4) is 0 Å². The predicted octanol–water partition coefficient (Wildman–Crippen LogP) is 3.09. The van der Waals surface area contributed by atoms with Crippen LogP contribution in [0.5, 0.6) is 0 Å². The Balaban J connectivity index is 2.44. The van der Waals surface area contributed by atoms with E-state index in [1.165, 1.54) is 24.0 Å². The number of hydrogen-bond acceptors (Lipinski definition) is 1. The summed E-state index contributed by atoms with van der Waals surface area (Å²) in [6, 6.07) is 8.87. The lowest BCUT2D eigenvalue weighted by molar-refractivity contribution is 0.230. The molecule has 2 atom stereocenters. The highest BCUT2D eigenvalue weighted by molar-refractivity contribution is 5.36. The quantitative estimate of drug-likeness (QED) is 0.779. The minimum Gasteiger partial charge on any atom is -0.307 e. The number of fused-ring (bicyclic) bond motifs is 1. The second-order valence-corrected chi connectivity index (χ2v) is 4.85. The van der Waals surface area contributed by atoms with Gasteiger partial charge in [0.1, 0.15) is 0 Å². The van der Waals surface area contributed by atoms with E-state index in [1.807, 2.05) is 0 Å². The average Bonchev–Trinajstić information content (AvgIpc) is 2.28. The Labute approximate surface area is 92.9 Å². The smallest absolute Gasteiger partial charge is 0.0434 e. The molecule has 1 aromatic carbocycles. The number of hydrogen-bond donors (Lipinski definition) is 1. The Hall–Kier alpha value is -0.820. The molecule has 0 aliphatic carbocycles. The first-order valence-corrected chi connectivity index (χ1v) is 6.02. The van der Waals surface area contributed by atoms with Crippen molar-refractivity contribution in [2.75, 3.05) is 6.54 Å². The zero-order valence-electron chi connectivity index (χ0n) is 10.0. The molecule has 1 aliphatic rings. The fraction of sp³-hybridized carbons (Fsp3) is 0.571. The molecule has 0 fully saturated rings. The van der Waals surface area contributed by atoms with E-state index < -0.39 is 0 Å². The van der Waals surface area contributed by atoms with Crippen LogP contribution in [-0.2, 0) is 12.0 Å². The van der Waals surface area contributed by atoms with Crippen molar-refractivity contribution in [1.82, 2.24) is 5.32 Å². The molecule has 0 saturated carbocycles. The maximum Gasteiger partial charge on any atom is 0.0434 e. The lowest BCUT2D eigenvalue weighted by atomic mass is 9.75. The molecule has 15 heavy (non-hydrogen) atoms. The molecule has 1 heterocycles. The van der Waals surface area contributed by atoms with Crippen LogP contribution in [-0.4, -0.2) is 6.54 Å². The van der Waals surface area contributed by atoms with Crippen molar-refractivity contribution in [2.24, 2.45) is 5.92 Å². The van der Waals surface area contributed by atoms with Gasteiger partial charge in [-0.1, -0.05) is 44.5 Å². The van der Waals surface area contributed by atoms with E-state index in [4.69, 9.17) is 0 Å². The molecule has 0 spiro atoms. The standard InChI is InChI=1S/C14H21N/c1-4-11(2)14(3)13-8-6-5-7-12(13)9-10-15-14/h5-8,11,15H,4,9-10H2,1-3H3. The number of nitrogens with one attached hydrogen (secondary N) is 1. The molecule has 1 aromatic rings. The highest BCUT2D eigenvalue weighted by Crippen LogP contribution is 2.35. The first-order valence-electron chi connectivity index (χ1n) is 6.02. The van der Waals surface area contributed by atoms with Gasteiger partial charge in [0.2, 0.25) is 0 Å². The van der Waals surface area contributed by atoms with Crippen molar-refractivity contribution in [3.05, 3.63) is 35.4 Å². The Morgan fingerprint density at radius 2 is 2.13 bits per heavy atom. The third-order valence-corrected chi connectivity index (χ3v) is 4.06. The van der Waals surface area contributed by atoms with Crippen molar-refractivity contribution in [3.63, 3.8) is 0 Å². The van der Waals surface area contributed by atoms with Crippen LogP contribution in [0.1, 0.15) is 38.3 Å². The minimum absolute atomic E-state index is 0.170. The minimum atomic E-state index is 0.170. The lowest BCUT2D eigenvalue weighted by Gasteiger charge is -2.41. The van der Waals surface area contributed by atoms with Crippen LogP contribution in [0.4, 0.5) is 0 Å². The third kappa shape index (κ3) is 1.69. The van der Waals surface area contributed by atoms with Crippen LogP contribution >= 0.6 is 0 Å². The van der Waals surface area contributed by atoms with Gasteiger partial charge in [-0.2, -0.15) is 0 Å².